The van der Waals surface area contributed by atoms with Crippen LogP contribution in [0.5, 0.6) is 0 Å². The first kappa shape index (κ1) is 18.0. The van der Waals surface area contributed by atoms with Crippen molar-refractivity contribution in [3.05, 3.63) is 35.9 Å². The summed E-state index contributed by atoms with van der Waals surface area (Å²) in [7, 11) is 0. The maximum absolute atomic E-state index is 9.35. The Kier molecular flexibility index (Phi) is 9.90. The Hall–Kier alpha value is -0.330. The summed E-state index contributed by atoms with van der Waals surface area (Å²) in [5, 5.41) is 35.4. The maximum atomic E-state index is 9.35. The van der Waals surface area contributed by atoms with E-state index in [0.717, 1.165) is 0 Å². The van der Waals surface area contributed by atoms with E-state index in [2.05, 4.69) is 0 Å². The van der Waals surface area contributed by atoms with Crippen LogP contribution in [0.25, 0.3) is 0 Å². The fourth-order valence-electron chi connectivity index (χ4n) is 0.909. The van der Waals surface area contributed by atoms with Crippen LogP contribution in [-0.2, 0) is 5.79 Å². The van der Waals surface area contributed by atoms with Gasteiger partial charge in [0.2, 0.25) is 0 Å². The summed E-state index contributed by atoms with van der Waals surface area (Å²) in [6.45, 7) is 1.73. The van der Waals surface area contributed by atoms with Crippen LogP contribution in [0.2, 0.25) is 0 Å². The predicted molar refractivity (Wildman–Crippen MR) is 54.0 cm³/mol. The maximum Gasteiger partial charge on any atom is 2.00 e. The number of carbonyl (C=O) groups is 1. The topological polar surface area (TPSA) is 104 Å². The van der Waals surface area contributed by atoms with Gasteiger partial charge in [-0.05, 0) is 6.16 Å². The van der Waals surface area contributed by atoms with E-state index in [0.29, 0.717) is 12.0 Å². The molecule has 84 valence electrons. The molecule has 0 bridgehead atoms. The fraction of sp³-hybridized carbons (Fsp3) is 0.300. The third kappa shape index (κ3) is 7.90. The monoisotopic (exact) mass is 252 g/mol. The number of hydrogen-bond acceptors (Lipinski definition) is 5. The normalized spacial score (nSPS) is 9.44. The summed E-state index contributed by atoms with van der Waals surface area (Å²) in [6, 6.07) is 8.81. The molecule has 0 aliphatic carbocycles. The molecule has 0 radical (unpaired) electrons. The minimum absolute atomic E-state index is 0. The van der Waals surface area contributed by atoms with E-state index in [1.54, 1.807) is 31.2 Å². The van der Waals surface area contributed by atoms with Gasteiger partial charge in [-0.3, -0.25) is 0 Å². The number of hydrogen-bond donors (Lipinski definition) is 2. The van der Waals surface area contributed by atoms with Crippen LogP contribution in [0, 0.1) is 0 Å². The van der Waals surface area contributed by atoms with Crippen LogP contribution >= 0.6 is 0 Å². The Morgan fingerprint density at radius 1 is 1.25 bits per heavy atom. The summed E-state index contributed by atoms with van der Waals surface area (Å²) in [6.07, 6.45) is -2.03. The first-order chi connectivity index (χ1) is 6.90. The van der Waals surface area contributed by atoms with Crippen LogP contribution in [-0.4, -0.2) is 54.1 Å². The fourth-order valence-corrected chi connectivity index (χ4v) is 0.909. The van der Waals surface area contributed by atoms with Gasteiger partial charge in [-0.1, -0.05) is 37.3 Å². The Labute approximate surface area is 123 Å². The zero-order valence-electron chi connectivity index (χ0n) is 8.92. The van der Waals surface area contributed by atoms with Gasteiger partial charge in [0.15, 0.2) is 5.79 Å². The van der Waals surface area contributed by atoms with Crippen LogP contribution in [0.1, 0.15) is 18.9 Å². The van der Waals surface area contributed by atoms with Crippen molar-refractivity contribution < 1.29 is 25.2 Å². The largest absolute Gasteiger partial charge is 2.00 e. The van der Waals surface area contributed by atoms with E-state index in [4.69, 9.17) is 15.0 Å². The van der Waals surface area contributed by atoms with Crippen molar-refractivity contribution in [3.8, 4) is 0 Å². The molecule has 0 aliphatic heterocycles. The quantitative estimate of drug-likeness (QED) is 0.487. The van der Waals surface area contributed by atoms with Gasteiger partial charge in [0.05, 0.1) is 0 Å². The Balaban J connectivity index is 0. The van der Waals surface area contributed by atoms with Crippen LogP contribution < -0.4 is 10.2 Å². The molecule has 0 amide bonds. The SMILES string of the molecule is CCC(O)(O)c1ccccc1.O=C([O-])[O-].[Ca+2]. The van der Waals surface area contributed by atoms with Gasteiger partial charge in [0.1, 0.15) is 0 Å². The molecule has 0 spiro atoms. The molecule has 0 fully saturated rings. The number of benzene rings is 1. The number of carbonyl (C=O) groups excluding carboxylic acids is 1. The van der Waals surface area contributed by atoms with Crippen LogP contribution in [0.4, 0.5) is 4.79 Å². The Bertz CT molecular complexity index is 295. The molecular weight excluding hydrogens is 240 g/mol. The first-order valence-electron chi connectivity index (χ1n) is 4.28. The molecule has 0 aliphatic rings. The second-order valence-corrected chi connectivity index (χ2v) is 2.79. The summed E-state index contributed by atoms with van der Waals surface area (Å²) in [4.78, 5) is 8.33. The van der Waals surface area contributed by atoms with Crippen molar-refractivity contribution in [2.75, 3.05) is 0 Å². The third-order valence-electron chi connectivity index (χ3n) is 1.73. The van der Waals surface area contributed by atoms with Gasteiger partial charge in [0, 0.05) is 12.0 Å². The Morgan fingerprint density at radius 3 is 1.94 bits per heavy atom. The molecule has 0 unspecified atom stereocenters. The van der Waals surface area contributed by atoms with Crippen LogP contribution in [0.15, 0.2) is 30.3 Å². The molecule has 0 saturated carbocycles. The standard InChI is InChI=1S/C9H12O2.CH2O3.Ca/c1-2-9(10,11)8-6-4-3-5-7-8;2-1(3)4;/h3-7,10-11H,2H2,1H3;(H2,2,3,4);/q;;+2/p-2. The number of rotatable bonds is 2. The molecule has 0 saturated heterocycles. The minimum atomic E-state index is -2.33. The molecule has 1 rings (SSSR count). The van der Waals surface area contributed by atoms with E-state index < -0.39 is 11.9 Å². The zero-order chi connectivity index (χ0) is 11.9. The molecule has 0 heterocycles. The summed E-state index contributed by atoms with van der Waals surface area (Å²) < 4.78 is 0. The van der Waals surface area contributed by atoms with Crippen molar-refractivity contribution in [2.24, 2.45) is 0 Å². The minimum Gasteiger partial charge on any atom is -0.652 e. The molecular formula is C10H12CaO5. The van der Waals surface area contributed by atoms with Gasteiger partial charge >= 0.3 is 37.7 Å². The molecule has 2 N–H and O–H groups in total. The van der Waals surface area contributed by atoms with Crippen molar-refractivity contribution in [3.63, 3.8) is 0 Å². The van der Waals surface area contributed by atoms with Gasteiger partial charge in [0.25, 0.3) is 0 Å². The predicted octanol–water partition coefficient (Wildman–Crippen LogP) is -1.59. The summed E-state index contributed by atoms with van der Waals surface area (Å²) >= 11 is 0. The third-order valence-corrected chi connectivity index (χ3v) is 1.73. The van der Waals surface area contributed by atoms with E-state index in [1.807, 2.05) is 6.07 Å². The van der Waals surface area contributed by atoms with Gasteiger partial charge in [-0.15, -0.1) is 0 Å². The van der Waals surface area contributed by atoms with Gasteiger partial charge in [-0.2, -0.15) is 0 Å². The number of carboxylic acid groups (broad SMARTS) is 2. The van der Waals surface area contributed by atoms with Crippen molar-refractivity contribution in [2.45, 2.75) is 19.1 Å². The molecule has 0 aromatic heterocycles. The number of aliphatic hydroxyl groups is 2. The molecule has 0 atom stereocenters. The van der Waals surface area contributed by atoms with Gasteiger partial charge in [-0.25, -0.2) is 0 Å². The van der Waals surface area contributed by atoms with Gasteiger partial charge < -0.3 is 25.2 Å². The molecule has 16 heavy (non-hydrogen) atoms. The van der Waals surface area contributed by atoms with Crippen molar-refractivity contribution >= 4 is 43.9 Å². The molecule has 1 aromatic rings. The second kappa shape index (κ2) is 8.78. The van der Waals surface area contributed by atoms with E-state index in [1.165, 1.54) is 0 Å². The molecule has 6 heteroatoms. The zero-order valence-corrected chi connectivity index (χ0v) is 11.1. The van der Waals surface area contributed by atoms with E-state index in [9.17, 15) is 10.2 Å². The molecule has 1 aromatic carbocycles. The molecule has 5 nitrogen and oxygen atoms in total. The summed E-state index contributed by atoms with van der Waals surface area (Å²) in [5.41, 5.74) is 0.544. The smallest absolute Gasteiger partial charge is 0.652 e. The average molecular weight is 252 g/mol. The van der Waals surface area contributed by atoms with Crippen molar-refractivity contribution in [1.29, 1.82) is 0 Å². The van der Waals surface area contributed by atoms with E-state index in [-0.39, 0.29) is 37.7 Å². The average Bonchev–Trinajstić information content (AvgIpc) is 2.18. The Morgan fingerprint density at radius 2 is 1.62 bits per heavy atom. The van der Waals surface area contributed by atoms with Crippen LogP contribution in [0.3, 0.4) is 0 Å². The van der Waals surface area contributed by atoms with E-state index >= 15 is 0 Å². The first-order valence-corrected chi connectivity index (χ1v) is 4.28. The second-order valence-electron chi connectivity index (χ2n) is 2.79. The van der Waals surface area contributed by atoms with Crippen molar-refractivity contribution in [1.82, 2.24) is 0 Å². The summed E-state index contributed by atoms with van der Waals surface area (Å²) in [5.74, 6) is -1.67.